The number of hydrogen-bond acceptors (Lipinski definition) is 8. The van der Waals surface area contributed by atoms with E-state index in [1.807, 2.05) is 34.6 Å². The molecule has 1 aliphatic rings. The second-order valence-corrected chi connectivity index (χ2v) is 13.9. The van der Waals surface area contributed by atoms with E-state index in [1.165, 1.54) is 56.7 Å². The van der Waals surface area contributed by atoms with Crippen molar-refractivity contribution in [2.75, 3.05) is 41.3 Å². The average Bonchev–Trinajstić information content (AvgIpc) is 3.03. The molecule has 4 N–H and O–H groups in total. The fourth-order valence-electron chi connectivity index (χ4n) is 5.34. The first-order chi connectivity index (χ1) is 22.2. The van der Waals surface area contributed by atoms with E-state index >= 15 is 0 Å². The van der Waals surface area contributed by atoms with Crippen molar-refractivity contribution in [3.05, 3.63) is 0 Å². The van der Waals surface area contributed by atoms with Gasteiger partial charge in [0.25, 0.3) is 0 Å². The minimum absolute atomic E-state index is 0.0114. The lowest BCUT2D eigenvalue weighted by molar-refractivity contribution is -0.148. The lowest BCUT2D eigenvalue weighted by Gasteiger charge is -2.35. The third-order valence-electron chi connectivity index (χ3n) is 9.11. The van der Waals surface area contributed by atoms with Gasteiger partial charge in [0.2, 0.25) is 41.4 Å². The normalized spacial score (nSPS) is 27.6. The van der Waals surface area contributed by atoms with Crippen LogP contribution in [0.15, 0.2) is 0 Å². The maximum atomic E-state index is 13.8. The first-order valence-corrected chi connectivity index (χ1v) is 16.8. The van der Waals surface area contributed by atoms with Crippen molar-refractivity contribution < 1.29 is 38.7 Å². The van der Waals surface area contributed by atoms with Crippen LogP contribution in [0.5, 0.6) is 0 Å². The van der Waals surface area contributed by atoms with Gasteiger partial charge in [-0.05, 0) is 44.4 Å². The summed E-state index contributed by atoms with van der Waals surface area (Å²) in [6, 6.07) is -6.67. The third-order valence-corrected chi connectivity index (χ3v) is 9.11. The quantitative estimate of drug-likeness (QED) is 0.278. The Kier molecular flexibility index (Phi) is 16.5. The average molecular weight is 682 g/mol. The molecule has 0 saturated carbocycles. The van der Waals surface area contributed by atoms with E-state index in [1.54, 1.807) is 6.92 Å². The van der Waals surface area contributed by atoms with Gasteiger partial charge in [-0.3, -0.25) is 33.6 Å². The number of aliphatic hydroxyl groups excluding tert-OH is 1. The van der Waals surface area contributed by atoms with Crippen molar-refractivity contribution in [1.82, 2.24) is 35.6 Å². The standard InChI is InChI=1S/C33H59N7O8/c1-13-20(6)27-33(48)37(9)16-26(42)40(12)25(15-19(4)5)30(45)34-23(14-18(2)3)32(47)39(11)22(8)31(46)38(10)21(7)28(43)35-24(17-41)29(44)36-27/h18-25,27,41H,13-17H2,1-12H3,(H,34,45)(H,35,43)(H,36,44)/t20?,21-,22?,23+,24-,25?,27?/m1/s1. The molecule has 7 atom stereocenters. The minimum Gasteiger partial charge on any atom is -0.394 e. The smallest absolute Gasteiger partial charge is 0.245 e. The molecule has 0 spiro atoms. The number of likely N-dealkylation sites (N-methyl/N-ethyl adjacent to an activating group) is 4. The summed E-state index contributed by atoms with van der Waals surface area (Å²) in [7, 11) is 5.70. The topological polar surface area (TPSA) is 189 Å². The summed E-state index contributed by atoms with van der Waals surface area (Å²) in [5, 5.41) is 17.9. The number of nitrogens with zero attached hydrogens (tertiary/aromatic N) is 4. The summed E-state index contributed by atoms with van der Waals surface area (Å²) >= 11 is 0. The number of carbonyl (C=O) groups excluding carboxylic acids is 7. The lowest BCUT2D eigenvalue weighted by atomic mass is 9.97. The predicted molar refractivity (Wildman–Crippen MR) is 180 cm³/mol. The van der Waals surface area contributed by atoms with Crippen LogP contribution in [0, 0.1) is 17.8 Å². The van der Waals surface area contributed by atoms with Gasteiger partial charge in [0.15, 0.2) is 0 Å². The van der Waals surface area contributed by atoms with Crippen molar-refractivity contribution in [1.29, 1.82) is 0 Å². The van der Waals surface area contributed by atoms with Crippen LogP contribution in [-0.4, -0.2) is 144 Å². The number of nitrogens with one attached hydrogen (secondary N) is 3. The molecule has 0 aromatic carbocycles. The Morgan fingerprint density at radius 1 is 0.667 bits per heavy atom. The Morgan fingerprint density at radius 2 is 1.19 bits per heavy atom. The molecule has 0 bridgehead atoms. The highest BCUT2D eigenvalue weighted by Crippen LogP contribution is 2.17. The Morgan fingerprint density at radius 3 is 1.69 bits per heavy atom. The first-order valence-electron chi connectivity index (χ1n) is 16.8. The summed E-state index contributed by atoms with van der Waals surface area (Å²) in [6.45, 7) is 12.9. The summed E-state index contributed by atoms with van der Waals surface area (Å²) in [6.07, 6.45) is 1.02. The number of hydrogen-bond donors (Lipinski definition) is 4. The van der Waals surface area contributed by atoms with Crippen molar-refractivity contribution >= 4 is 41.4 Å². The maximum absolute atomic E-state index is 13.8. The van der Waals surface area contributed by atoms with E-state index in [9.17, 15) is 38.7 Å². The van der Waals surface area contributed by atoms with E-state index in [4.69, 9.17) is 0 Å². The molecule has 0 aromatic heterocycles. The largest absolute Gasteiger partial charge is 0.394 e. The van der Waals surface area contributed by atoms with Crippen LogP contribution >= 0.6 is 0 Å². The molecule has 1 heterocycles. The van der Waals surface area contributed by atoms with Crippen LogP contribution in [-0.2, 0) is 33.6 Å². The Bertz CT molecular complexity index is 1180. The van der Waals surface area contributed by atoms with Crippen molar-refractivity contribution in [2.45, 2.75) is 111 Å². The van der Waals surface area contributed by atoms with Gasteiger partial charge in [-0.15, -0.1) is 0 Å². The van der Waals surface area contributed by atoms with Crippen LogP contribution in [0.25, 0.3) is 0 Å². The van der Waals surface area contributed by atoms with E-state index in [0.29, 0.717) is 6.42 Å². The second-order valence-electron chi connectivity index (χ2n) is 13.9. The van der Waals surface area contributed by atoms with Gasteiger partial charge in [-0.2, -0.15) is 0 Å². The number of carbonyl (C=O) groups is 7. The fourth-order valence-corrected chi connectivity index (χ4v) is 5.34. The van der Waals surface area contributed by atoms with Crippen LogP contribution in [0.1, 0.15) is 74.7 Å². The zero-order chi connectivity index (χ0) is 37.2. The summed E-state index contributed by atoms with van der Waals surface area (Å²) < 4.78 is 0. The number of aliphatic hydroxyl groups is 1. The molecule has 1 saturated heterocycles. The Labute approximate surface area is 285 Å². The molecule has 15 heteroatoms. The molecule has 1 fully saturated rings. The zero-order valence-corrected chi connectivity index (χ0v) is 30.8. The summed E-state index contributed by atoms with van der Waals surface area (Å²) in [5.74, 6) is -4.74. The molecule has 7 amide bonds. The molecule has 0 aliphatic carbocycles. The lowest BCUT2D eigenvalue weighted by Crippen LogP contribution is -2.60. The molecule has 48 heavy (non-hydrogen) atoms. The fraction of sp³-hybridized carbons (Fsp3) is 0.788. The van der Waals surface area contributed by atoms with Crippen LogP contribution in [0.2, 0.25) is 0 Å². The van der Waals surface area contributed by atoms with Crippen LogP contribution in [0.4, 0.5) is 0 Å². The molecule has 4 unspecified atom stereocenters. The van der Waals surface area contributed by atoms with Gasteiger partial charge in [0.1, 0.15) is 36.3 Å². The molecule has 15 nitrogen and oxygen atoms in total. The minimum atomic E-state index is -1.44. The molecule has 0 radical (unpaired) electrons. The maximum Gasteiger partial charge on any atom is 0.245 e. The molecule has 1 rings (SSSR count). The molecule has 274 valence electrons. The second kappa shape index (κ2) is 18.7. The van der Waals surface area contributed by atoms with Crippen molar-refractivity contribution in [2.24, 2.45) is 17.8 Å². The van der Waals surface area contributed by atoms with Gasteiger partial charge in [0.05, 0.1) is 13.2 Å². The van der Waals surface area contributed by atoms with Crippen LogP contribution in [0.3, 0.4) is 0 Å². The van der Waals surface area contributed by atoms with E-state index < -0.39 is 90.8 Å². The Hall–Kier alpha value is -3.75. The highest BCUT2D eigenvalue weighted by Gasteiger charge is 2.38. The van der Waals surface area contributed by atoms with Gasteiger partial charge >= 0.3 is 0 Å². The van der Waals surface area contributed by atoms with E-state index in [-0.39, 0.29) is 30.6 Å². The molecular weight excluding hydrogens is 622 g/mol. The third kappa shape index (κ3) is 11.2. The predicted octanol–water partition coefficient (Wildman–Crippen LogP) is -0.436. The van der Waals surface area contributed by atoms with Crippen molar-refractivity contribution in [3.8, 4) is 0 Å². The van der Waals surface area contributed by atoms with E-state index in [2.05, 4.69) is 16.0 Å². The highest BCUT2D eigenvalue weighted by atomic mass is 16.3. The monoisotopic (exact) mass is 681 g/mol. The van der Waals surface area contributed by atoms with Gasteiger partial charge < -0.3 is 40.7 Å². The molecule has 1 aliphatic heterocycles. The number of amides is 7. The van der Waals surface area contributed by atoms with Crippen molar-refractivity contribution in [3.63, 3.8) is 0 Å². The van der Waals surface area contributed by atoms with Gasteiger partial charge in [0, 0.05) is 28.2 Å². The zero-order valence-electron chi connectivity index (χ0n) is 30.8. The van der Waals surface area contributed by atoms with E-state index in [0.717, 1.165) is 4.90 Å². The van der Waals surface area contributed by atoms with Crippen LogP contribution < -0.4 is 16.0 Å². The summed E-state index contributed by atoms with van der Waals surface area (Å²) in [4.78, 5) is 99.5. The van der Waals surface area contributed by atoms with Gasteiger partial charge in [-0.1, -0.05) is 48.0 Å². The molecule has 0 aromatic rings. The first kappa shape index (κ1) is 42.3. The molecular formula is C33H59N7O8. The number of rotatable bonds is 7. The summed E-state index contributed by atoms with van der Waals surface area (Å²) in [5.41, 5.74) is 0. The SMILES string of the molecule is CCC(C)C1NC(=O)[C@@H](CO)NC(=O)[C@@H](C)N(C)C(=O)C(C)N(C)C(=O)[C@H](CC(C)C)NC(=O)C(CC(C)C)N(C)C(=O)CN(C)C1=O. The highest BCUT2D eigenvalue weighted by molar-refractivity contribution is 5.97. The van der Waals surface area contributed by atoms with Gasteiger partial charge in [-0.25, -0.2) is 0 Å². The Balaban J connectivity index is 3.73.